The van der Waals surface area contributed by atoms with Gasteiger partial charge < -0.3 is 11.2 Å². The Morgan fingerprint density at radius 3 is 2.79 bits per heavy atom. The molecule has 124 valence electrons. The van der Waals surface area contributed by atoms with Crippen LogP contribution in [0.25, 0.3) is 11.5 Å². The molecule has 10 heteroatoms. The first-order chi connectivity index (χ1) is 11.5. The van der Waals surface area contributed by atoms with E-state index in [2.05, 4.69) is 25.7 Å². The molecule has 2 heterocycles. The number of anilines is 1. The van der Waals surface area contributed by atoms with Gasteiger partial charge in [-0.2, -0.15) is 5.10 Å². The van der Waals surface area contributed by atoms with Gasteiger partial charge in [-0.1, -0.05) is 23.4 Å². The molecule has 1 aromatic carbocycles. The lowest BCUT2D eigenvalue weighted by atomic mass is 10.3. The van der Waals surface area contributed by atoms with Crippen LogP contribution in [0.15, 0.2) is 35.5 Å². The molecule has 2 aromatic heterocycles. The summed E-state index contributed by atoms with van der Waals surface area (Å²) in [5.74, 6) is 6.37. The number of nitrogens with one attached hydrogen (secondary N) is 2. The van der Waals surface area contributed by atoms with Crippen molar-refractivity contribution in [3.05, 3.63) is 41.0 Å². The maximum Gasteiger partial charge on any atom is 0.234 e. The molecule has 0 radical (unpaired) electrons. The van der Waals surface area contributed by atoms with Gasteiger partial charge in [-0.3, -0.25) is 9.89 Å². The Hall–Kier alpha value is -2.52. The molecule has 0 aliphatic carbocycles. The summed E-state index contributed by atoms with van der Waals surface area (Å²) in [6.07, 6.45) is 0. The predicted octanol–water partition coefficient (Wildman–Crippen LogP) is 2.07. The zero-order valence-electron chi connectivity index (χ0n) is 12.7. The molecule has 0 aliphatic heterocycles. The average Bonchev–Trinajstić information content (AvgIpc) is 3.13. The van der Waals surface area contributed by atoms with Crippen LogP contribution in [-0.4, -0.2) is 36.7 Å². The van der Waals surface area contributed by atoms with Crippen LogP contribution in [-0.2, 0) is 4.79 Å². The van der Waals surface area contributed by atoms with Gasteiger partial charge in [0.05, 0.1) is 5.75 Å². The number of nitrogens with two attached hydrogens (primary N) is 1. The van der Waals surface area contributed by atoms with Crippen LogP contribution < -0.4 is 11.2 Å². The number of nitrogens with zero attached hydrogens (tertiary/aromatic N) is 4. The van der Waals surface area contributed by atoms with E-state index in [4.69, 9.17) is 17.4 Å². The molecule has 3 rings (SSSR count). The standard InChI is InChI=1S/C14H14ClN7OS/c1-8-6-11(19-18-8)13-20-21-14(22(13)16)24-7-12(23)17-10-4-2-9(15)3-5-10/h2-6H,7,16H2,1H3,(H,17,23)(H,18,19). The smallest absolute Gasteiger partial charge is 0.234 e. The third kappa shape index (κ3) is 3.69. The number of carbonyl (C=O) groups is 1. The van der Waals surface area contributed by atoms with E-state index in [9.17, 15) is 4.79 Å². The van der Waals surface area contributed by atoms with Crippen molar-refractivity contribution in [1.82, 2.24) is 25.1 Å². The van der Waals surface area contributed by atoms with Gasteiger partial charge in [-0.25, -0.2) is 4.68 Å². The van der Waals surface area contributed by atoms with Gasteiger partial charge in [0.25, 0.3) is 0 Å². The quantitative estimate of drug-likeness (QED) is 0.472. The predicted molar refractivity (Wildman–Crippen MR) is 93.3 cm³/mol. The van der Waals surface area contributed by atoms with Crippen molar-refractivity contribution in [2.75, 3.05) is 16.9 Å². The third-order valence-corrected chi connectivity index (χ3v) is 4.25. The minimum absolute atomic E-state index is 0.150. The molecule has 0 bridgehead atoms. The Morgan fingerprint density at radius 2 is 2.12 bits per heavy atom. The third-order valence-electron chi connectivity index (χ3n) is 3.06. The number of amides is 1. The lowest BCUT2D eigenvalue weighted by Gasteiger charge is -2.05. The van der Waals surface area contributed by atoms with Crippen LogP contribution in [0.5, 0.6) is 0 Å². The largest absolute Gasteiger partial charge is 0.335 e. The van der Waals surface area contributed by atoms with Gasteiger partial charge in [0, 0.05) is 16.4 Å². The highest BCUT2D eigenvalue weighted by atomic mass is 35.5. The minimum atomic E-state index is -0.178. The Morgan fingerprint density at radius 1 is 1.38 bits per heavy atom. The number of hydrogen-bond donors (Lipinski definition) is 3. The van der Waals surface area contributed by atoms with Gasteiger partial charge in [0.2, 0.25) is 16.9 Å². The molecule has 0 atom stereocenters. The summed E-state index contributed by atoms with van der Waals surface area (Å²) in [4.78, 5) is 12.0. The zero-order valence-corrected chi connectivity index (χ0v) is 14.2. The van der Waals surface area contributed by atoms with Crippen molar-refractivity contribution in [3.8, 4) is 11.5 Å². The van der Waals surface area contributed by atoms with Crippen molar-refractivity contribution in [1.29, 1.82) is 0 Å². The van der Waals surface area contributed by atoms with Crippen LogP contribution in [0.4, 0.5) is 5.69 Å². The lowest BCUT2D eigenvalue weighted by molar-refractivity contribution is -0.113. The van der Waals surface area contributed by atoms with Crippen molar-refractivity contribution in [2.24, 2.45) is 0 Å². The number of nitrogen functional groups attached to an aromatic ring is 1. The van der Waals surface area contributed by atoms with E-state index in [0.717, 1.165) is 5.69 Å². The molecule has 4 N–H and O–H groups in total. The second kappa shape index (κ2) is 6.93. The Kier molecular flexibility index (Phi) is 4.72. The molecule has 8 nitrogen and oxygen atoms in total. The molecule has 1 amide bonds. The number of benzene rings is 1. The topological polar surface area (TPSA) is 115 Å². The number of H-pyrrole nitrogens is 1. The van der Waals surface area contributed by atoms with Crippen molar-refractivity contribution in [2.45, 2.75) is 12.1 Å². The van der Waals surface area contributed by atoms with E-state index in [1.54, 1.807) is 24.3 Å². The van der Waals surface area contributed by atoms with Crippen LogP contribution in [0.3, 0.4) is 0 Å². The first kappa shape index (κ1) is 16.3. The van der Waals surface area contributed by atoms with E-state index < -0.39 is 0 Å². The summed E-state index contributed by atoms with van der Waals surface area (Å²) in [6, 6.07) is 8.69. The van der Waals surface area contributed by atoms with Crippen molar-refractivity contribution < 1.29 is 4.79 Å². The highest BCUT2D eigenvalue weighted by molar-refractivity contribution is 7.99. The summed E-state index contributed by atoms with van der Waals surface area (Å²) in [5, 5.41) is 18.7. The SMILES string of the molecule is Cc1cc(-c2nnc(SCC(=O)Nc3ccc(Cl)cc3)n2N)n[nH]1. The lowest BCUT2D eigenvalue weighted by Crippen LogP contribution is -2.16. The number of carbonyl (C=O) groups excluding carboxylic acids is 1. The van der Waals surface area contributed by atoms with Crippen molar-refractivity contribution >= 4 is 35.0 Å². The molecule has 24 heavy (non-hydrogen) atoms. The fourth-order valence-corrected chi connectivity index (χ4v) is 2.73. The number of rotatable bonds is 5. The van der Waals surface area contributed by atoms with Crippen LogP contribution in [0.1, 0.15) is 5.69 Å². The van der Waals surface area contributed by atoms with E-state index in [1.807, 2.05) is 13.0 Å². The van der Waals surface area contributed by atoms with Crippen LogP contribution in [0, 0.1) is 6.92 Å². The average molecular weight is 364 g/mol. The molecular formula is C14H14ClN7OS. The summed E-state index contributed by atoms with van der Waals surface area (Å²) >= 11 is 6.99. The summed E-state index contributed by atoms with van der Waals surface area (Å²) in [5.41, 5.74) is 2.16. The van der Waals surface area contributed by atoms with Gasteiger partial charge in [0.15, 0.2) is 0 Å². The summed E-state index contributed by atoms with van der Waals surface area (Å²) in [6.45, 7) is 1.88. The summed E-state index contributed by atoms with van der Waals surface area (Å²) < 4.78 is 1.32. The van der Waals surface area contributed by atoms with E-state index >= 15 is 0 Å². The molecule has 0 saturated heterocycles. The van der Waals surface area contributed by atoms with Gasteiger partial charge in [-0.15, -0.1) is 10.2 Å². The monoisotopic (exact) mass is 363 g/mol. The number of thioether (sulfide) groups is 1. The van der Waals surface area contributed by atoms with Gasteiger partial charge in [0.1, 0.15) is 5.69 Å². The summed E-state index contributed by atoms with van der Waals surface area (Å²) in [7, 11) is 0. The second-order valence-corrected chi connectivity index (χ2v) is 6.34. The first-order valence-corrected chi connectivity index (χ1v) is 8.30. The fraction of sp³-hybridized carbons (Fsp3) is 0.143. The Labute approximate surface area is 146 Å². The molecule has 0 aliphatic rings. The number of halogens is 1. The fourth-order valence-electron chi connectivity index (χ4n) is 1.94. The molecular weight excluding hydrogens is 350 g/mol. The molecule has 0 spiro atoms. The normalized spacial score (nSPS) is 10.8. The maximum absolute atomic E-state index is 12.0. The number of aryl methyl sites for hydroxylation is 1. The van der Waals surface area contributed by atoms with E-state index in [0.29, 0.717) is 27.4 Å². The highest BCUT2D eigenvalue weighted by Gasteiger charge is 2.15. The first-order valence-electron chi connectivity index (χ1n) is 6.94. The molecule has 0 fully saturated rings. The molecule has 0 saturated carbocycles. The number of aromatic nitrogens is 5. The maximum atomic E-state index is 12.0. The zero-order chi connectivity index (χ0) is 17.1. The minimum Gasteiger partial charge on any atom is -0.335 e. The Bertz CT molecular complexity index is 858. The Balaban J connectivity index is 1.61. The van der Waals surface area contributed by atoms with Crippen LogP contribution >= 0.6 is 23.4 Å². The van der Waals surface area contributed by atoms with E-state index in [1.165, 1.54) is 16.4 Å². The van der Waals surface area contributed by atoms with Gasteiger partial charge >= 0.3 is 0 Å². The highest BCUT2D eigenvalue weighted by Crippen LogP contribution is 2.21. The second-order valence-electron chi connectivity index (χ2n) is 4.96. The number of aromatic amines is 1. The molecule has 0 unspecified atom stereocenters. The van der Waals surface area contributed by atoms with Crippen LogP contribution in [0.2, 0.25) is 5.02 Å². The van der Waals surface area contributed by atoms with E-state index in [-0.39, 0.29) is 11.7 Å². The van der Waals surface area contributed by atoms with Crippen molar-refractivity contribution in [3.63, 3.8) is 0 Å². The molecule has 3 aromatic rings. The van der Waals surface area contributed by atoms with Gasteiger partial charge in [-0.05, 0) is 37.3 Å². The number of hydrogen-bond acceptors (Lipinski definition) is 6.